The fraction of sp³-hybridized carbons (Fsp3) is 0.562. The lowest BCUT2D eigenvalue weighted by molar-refractivity contribution is -0.133. The molecule has 1 saturated heterocycles. The van der Waals surface area contributed by atoms with Crippen LogP contribution >= 0.6 is 0 Å². The molecule has 110 valence electrons. The highest BCUT2D eigenvalue weighted by Crippen LogP contribution is 2.16. The van der Waals surface area contributed by atoms with E-state index < -0.39 is 0 Å². The number of piperidine rings is 1. The van der Waals surface area contributed by atoms with Crippen LogP contribution in [0, 0.1) is 5.92 Å². The SMILES string of the molecule is CC1CCNC(C(=O)N(C)CCOc2ccccc2)C1. The first-order valence-electron chi connectivity index (χ1n) is 7.33. The summed E-state index contributed by atoms with van der Waals surface area (Å²) >= 11 is 0. The van der Waals surface area contributed by atoms with Gasteiger partial charge in [-0.15, -0.1) is 0 Å². The minimum Gasteiger partial charge on any atom is -0.492 e. The number of hydrogen-bond acceptors (Lipinski definition) is 3. The van der Waals surface area contributed by atoms with E-state index in [0.29, 0.717) is 19.1 Å². The molecule has 0 saturated carbocycles. The predicted molar refractivity (Wildman–Crippen MR) is 79.8 cm³/mol. The Morgan fingerprint density at radius 1 is 1.40 bits per heavy atom. The average Bonchev–Trinajstić information content (AvgIpc) is 2.47. The number of nitrogens with zero attached hydrogens (tertiary/aromatic N) is 1. The van der Waals surface area contributed by atoms with E-state index in [9.17, 15) is 4.79 Å². The fourth-order valence-corrected chi connectivity index (χ4v) is 2.49. The smallest absolute Gasteiger partial charge is 0.239 e. The summed E-state index contributed by atoms with van der Waals surface area (Å²) in [6, 6.07) is 9.66. The summed E-state index contributed by atoms with van der Waals surface area (Å²) < 4.78 is 5.62. The summed E-state index contributed by atoms with van der Waals surface area (Å²) in [7, 11) is 1.84. The van der Waals surface area contributed by atoms with Crippen LogP contribution in [0.5, 0.6) is 5.75 Å². The molecule has 1 fully saturated rings. The molecule has 1 heterocycles. The number of carbonyl (C=O) groups excluding carboxylic acids is 1. The number of benzene rings is 1. The molecule has 1 aromatic carbocycles. The number of likely N-dealkylation sites (N-methyl/N-ethyl adjacent to an activating group) is 1. The molecular formula is C16H24N2O2. The number of carbonyl (C=O) groups is 1. The summed E-state index contributed by atoms with van der Waals surface area (Å²) in [5.41, 5.74) is 0. The third-order valence-electron chi connectivity index (χ3n) is 3.78. The van der Waals surface area contributed by atoms with Crippen molar-refractivity contribution >= 4 is 5.91 Å². The molecule has 1 N–H and O–H groups in total. The van der Waals surface area contributed by atoms with Crippen molar-refractivity contribution in [3.63, 3.8) is 0 Å². The molecule has 1 aromatic rings. The van der Waals surface area contributed by atoms with Gasteiger partial charge in [-0.05, 0) is 37.4 Å². The first-order chi connectivity index (χ1) is 9.66. The second-order valence-corrected chi connectivity index (χ2v) is 5.56. The Balaban J connectivity index is 1.73. The molecule has 4 nitrogen and oxygen atoms in total. The van der Waals surface area contributed by atoms with Crippen LogP contribution in [-0.4, -0.2) is 43.6 Å². The monoisotopic (exact) mass is 276 g/mol. The molecule has 1 aliphatic heterocycles. The van der Waals surface area contributed by atoms with Gasteiger partial charge < -0.3 is 15.0 Å². The molecular weight excluding hydrogens is 252 g/mol. The average molecular weight is 276 g/mol. The van der Waals surface area contributed by atoms with Crippen molar-refractivity contribution in [1.82, 2.24) is 10.2 Å². The molecule has 2 rings (SSSR count). The van der Waals surface area contributed by atoms with Gasteiger partial charge in [-0.1, -0.05) is 25.1 Å². The Labute approximate surface area is 121 Å². The summed E-state index contributed by atoms with van der Waals surface area (Å²) in [6.07, 6.45) is 2.09. The Hall–Kier alpha value is -1.55. The fourth-order valence-electron chi connectivity index (χ4n) is 2.49. The van der Waals surface area contributed by atoms with Crippen LogP contribution in [0.3, 0.4) is 0 Å². The Morgan fingerprint density at radius 3 is 2.85 bits per heavy atom. The number of nitrogens with one attached hydrogen (secondary N) is 1. The lowest BCUT2D eigenvalue weighted by Crippen LogP contribution is -2.49. The molecule has 2 unspecified atom stereocenters. The molecule has 0 radical (unpaired) electrons. The van der Waals surface area contributed by atoms with Crippen molar-refractivity contribution < 1.29 is 9.53 Å². The van der Waals surface area contributed by atoms with Crippen LogP contribution in [0.1, 0.15) is 19.8 Å². The maximum Gasteiger partial charge on any atom is 0.239 e. The van der Waals surface area contributed by atoms with Gasteiger partial charge in [0.15, 0.2) is 0 Å². The number of rotatable bonds is 5. The van der Waals surface area contributed by atoms with Crippen LogP contribution in [0.2, 0.25) is 0 Å². The molecule has 0 spiro atoms. The van der Waals surface area contributed by atoms with Gasteiger partial charge in [0.25, 0.3) is 0 Å². The third-order valence-corrected chi connectivity index (χ3v) is 3.78. The highest BCUT2D eigenvalue weighted by atomic mass is 16.5. The molecule has 0 bridgehead atoms. The zero-order valence-corrected chi connectivity index (χ0v) is 12.3. The van der Waals surface area contributed by atoms with Gasteiger partial charge in [0.2, 0.25) is 5.91 Å². The van der Waals surface area contributed by atoms with Gasteiger partial charge in [0, 0.05) is 7.05 Å². The minimum atomic E-state index is -0.0273. The van der Waals surface area contributed by atoms with E-state index in [-0.39, 0.29) is 11.9 Å². The lowest BCUT2D eigenvalue weighted by Gasteiger charge is -2.30. The van der Waals surface area contributed by atoms with Crippen LogP contribution < -0.4 is 10.1 Å². The maximum absolute atomic E-state index is 12.3. The second-order valence-electron chi connectivity index (χ2n) is 5.56. The van der Waals surface area contributed by atoms with E-state index in [2.05, 4.69) is 12.2 Å². The van der Waals surface area contributed by atoms with E-state index in [1.807, 2.05) is 37.4 Å². The van der Waals surface area contributed by atoms with Crippen molar-refractivity contribution in [2.75, 3.05) is 26.7 Å². The summed E-state index contributed by atoms with van der Waals surface area (Å²) in [5, 5.41) is 3.31. The topological polar surface area (TPSA) is 41.6 Å². The van der Waals surface area contributed by atoms with Gasteiger partial charge in [0.05, 0.1) is 12.6 Å². The molecule has 1 aliphatic rings. The highest BCUT2D eigenvalue weighted by molar-refractivity contribution is 5.81. The zero-order chi connectivity index (χ0) is 14.4. The van der Waals surface area contributed by atoms with Crippen LogP contribution in [-0.2, 0) is 4.79 Å². The largest absolute Gasteiger partial charge is 0.492 e. The summed E-state index contributed by atoms with van der Waals surface area (Å²) in [6.45, 7) is 4.28. The molecule has 20 heavy (non-hydrogen) atoms. The number of hydrogen-bond donors (Lipinski definition) is 1. The van der Waals surface area contributed by atoms with Crippen molar-refractivity contribution in [3.8, 4) is 5.75 Å². The minimum absolute atomic E-state index is 0.0273. The maximum atomic E-state index is 12.3. The zero-order valence-electron chi connectivity index (χ0n) is 12.3. The van der Waals surface area contributed by atoms with Gasteiger partial charge in [-0.3, -0.25) is 4.79 Å². The lowest BCUT2D eigenvalue weighted by atomic mass is 9.93. The van der Waals surface area contributed by atoms with E-state index in [4.69, 9.17) is 4.74 Å². The van der Waals surface area contributed by atoms with Crippen molar-refractivity contribution in [1.29, 1.82) is 0 Å². The standard InChI is InChI=1S/C16H24N2O2/c1-13-8-9-17-15(12-13)16(19)18(2)10-11-20-14-6-4-3-5-7-14/h3-7,13,15,17H,8-12H2,1-2H3. The van der Waals surface area contributed by atoms with Gasteiger partial charge >= 0.3 is 0 Å². The number of ether oxygens (including phenoxy) is 1. The van der Waals surface area contributed by atoms with Gasteiger partial charge in [-0.2, -0.15) is 0 Å². The molecule has 4 heteroatoms. The summed E-state index contributed by atoms with van der Waals surface area (Å²) in [4.78, 5) is 14.1. The first-order valence-corrected chi connectivity index (χ1v) is 7.33. The molecule has 1 amide bonds. The molecule has 0 aliphatic carbocycles. The first kappa shape index (κ1) is 14.9. The molecule has 0 aromatic heterocycles. The quantitative estimate of drug-likeness (QED) is 0.893. The van der Waals surface area contributed by atoms with E-state index in [1.165, 1.54) is 0 Å². The Bertz CT molecular complexity index is 422. The number of para-hydroxylation sites is 1. The van der Waals surface area contributed by atoms with Crippen molar-refractivity contribution in [2.24, 2.45) is 5.92 Å². The highest BCUT2D eigenvalue weighted by Gasteiger charge is 2.26. The predicted octanol–water partition coefficient (Wildman–Crippen LogP) is 1.91. The van der Waals surface area contributed by atoms with Crippen molar-refractivity contribution in [3.05, 3.63) is 30.3 Å². The third kappa shape index (κ3) is 4.23. The number of amides is 1. The van der Waals surface area contributed by atoms with Crippen molar-refractivity contribution in [2.45, 2.75) is 25.8 Å². The Morgan fingerprint density at radius 2 is 2.15 bits per heavy atom. The second kappa shape index (κ2) is 7.29. The van der Waals surface area contributed by atoms with Gasteiger partial charge in [0.1, 0.15) is 12.4 Å². The van der Waals surface area contributed by atoms with E-state index >= 15 is 0 Å². The van der Waals surface area contributed by atoms with Gasteiger partial charge in [-0.25, -0.2) is 0 Å². The van der Waals surface area contributed by atoms with Crippen LogP contribution in [0.4, 0.5) is 0 Å². The normalized spacial score (nSPS) is 22.3. The Kier molecular flexibility index (Phi) is 5.41. The summed E-state index contributed by atoms with van der Waals surface area (Å²) in [5.74, 6) is 1.64. The molecule has 2 atom stereocenters. The van der Waals surface area contributed by atoms with E-state index in [1.54, 1.807) is 4.90 Å². The van der Waals surface area contributed by atoms with E-state index in [0.717, 1.165) is 25.1 Å². The van der Waals surface area contributed by atoms with Crippen LogP contribution in [0.25, 0.3) is 0 Å². The van der Waals surface area contributed by atoms with Crippen LogP contribution in [0.15, 0.2) is 30.3 Å².